The van der Waals surface area contributed by atoms with Gasteiger partial charge >= 0.3 is 54.6 Å². The molecule has 0 spiro atoms. The van der Waals surface area contributed by atoms with Crippen LogP contribution < -0.4 is 20.4 Å². The quantitative estimate of drug-likeness (QED) is 0.125. The van der Waals surface area contributed by atoms with Crippen LogP contribution >= 0.6 is 0 Å². The van der Waals surface area contributed by atoms with Crippen LogP contribution in [0.1, 0.15) is 21.2 Å². The Labute approximate surface area is 288 Å². The van der Waals surface area contributed by atoms with Crippen molar-refractivity contribution < 1.29 is 85.4 Å². The van der Waals surface area contributed by atoms with Crippen LogP contribution in [0.2, 0.25) is 0 Å². The molecule has 0 saturated carbocycles. The number of nitrogens with zero attached hydrogens (tertiary/aromatic N) is 12. The van der Waals surface area contributed by atoms with E-state index < -0.39 is 23.6 Å². The predicted molar refractivity (Wildman–Crippen MR) is 140 cm³/mol. The van der Waals surface area contributed by atoms with Crippen molar-refractivity contribution in [3.05, 3.63) is 109 Å². The van der Waals surface area contributed by atoms with Crippen molar-refractivity contribution in [2.45, 2.75) is 0 Å². The molecule has 0 bridgehead atoms. The molecule has 0 radical (unpaired) electrons. The van der Waals surface area contributed by atoms with Crippen molar-refractivity contribution in [2.24, 2.45) is 0 Å². The Morgan fingerprint density at radius 3 is 0.909 bits per heavy atom. The first-order valence-corrected chi connectivity index (χ1v) is 11.0. The molecule has 6 heterocycles. The van der Waals surface area contributed by atoms with E-state index in [9.17, 15) is 19.8 Å². The zero-order chi connectivity index (χ0) is 28.4. The average molecular weight is 799 g/mol. The molecule has 0 aromatic carbocycles. The number of carbonyl (C=O) groups excluding carboxylic acids is 2. The second kappa shape index (κ2) is 23.9. The van der Waals surface area contributed by atoms with E-state index in [0.29, 0.717) is 0 Å². The number of pyridine rings is 4. The van der Waals surface area contributed by atoms with E-state index in [1.54, 1.807) is 24.8 Å². The van der Waals surface area contributed by atoms with Crippen LogP contribution in [0.25, 0.3) is 22.8 Å². The number of rotatable bonds is 4. The van der Waals surface area contributed by atoms with E-state index in [2.05, 4.69) is 61.2 Å². The summed E-state index contributed by atoms with van der Waals surface area (Å²) >= 11 is 0. The van der Waals surface area contributed by atoms with E-state index in [1.165, 1.54) is 0 Å². The maximum absolute atomic E-state index is 9.75. The molecule has 0 atom stereocenters. The average Bonchev–Trinajstić information content (AvgIpc) is 3.76. The standard InChI is InChI=1S/2C10H8N2.2C2H2N4O2.2Cd.2H2O/c2*1-3-7-11-9(5-1)10-6-2-4-8-12-10;2*7-2(8)1-3-5-6-4-1;;;;/h2*1-8H;2*(H2,3,4,5,6,7,8);;;2*1H2/q;;;;2*+2;;/p-2. The van der Waals surface area contributed by atoms with Gasteiger partial charge in [-0.15, -0.1) is 0 Å². The number of hydrogen-bond donors (Lipinski definition) is 0. The molecule has 18 nitrogen and oxygen atoms in total. The number of aromatic nitrogens is 12. The Balaban J connectivity index is 0. The molecule has 0 amide bonds. The molecule has 0 saturated heterocycles. The minimum atomic E-state index is -1.46. The molecule has 6 aromatic heterocycles. The summed E-state index contributed by atoms with van der Waals surface area (Å²) in [5, 5.41) is 43.1. The van der Waals surface area contributed by atoms with Crippen LogP contribution in [0.5, 0.6) is 0 Å². The number of carbonyl (C=O) groups is 2. The van der Waals surface area contributed by atoms with Gasteiger partial charge in [-0.3, -0.25) is 40.6 Å². The van der Waals surface area contributed by atoms with E-state index in [1.807, 2.05) is 72.8 Å². The van der Waals surface area contributed by atoms with Gasteiger partial charge in [-0.2, -0.15) is 10.4 Å². The van der Waals surface area contributed by atoms with Crippen molar-refractivity contribution in [2.75, 3.05) is 0 Å². The van der Waals surface area contributed by atoms with Crippen molar-refractivity contribution in [3.63, 3.8) is 0 Å². The van der Waals surface area contributed by atoms with Crippen LogP contribution in [0.15, 0.2) is 97.6 Å². The van der Waals surface area contributed by atoms with Crippen LogP contribution in [-0.2, 0) is 65.5 Å². The monoisotopic (exact) mass is 802 g/mol. The van der Waals surface area contributed by atoms with Gasteiger partial charge < -0.3 is 41.0 Å². The number of tetrazole rings is 2. The van der Waals surface area contributed by atoms with Gasteiger partial charge in [0, 0.05) is 24.8 Å². The fourth-order valence-corrected chi connectivity index (χ4v) is 2.51. The Hall–Kier alpha value is -4.56. The first-order chi connectivity index (χ1) is 19.5. The van der Waals surface area contributed by atoms with Crippen molar-refractivity contribution in [3.8, 4) is 22.8 Å². The van der Waals surface area contributed by atoms with E-state index in [0.717, 1.165) is 22.8 Å². The largest absolute Gasteiger partial charge is 2.00 e. The fourth-order valence-electron chi connectivity index (χ4n) is 2.51. The zero-order valence-corrected chi connectivity index (χ0v) is 30.9. The SMILES string of the molecule is O=C([O-])c1nnn[n-]1.O=C([O-])c1nnn[n-]1.[Cd+2].[Cd+2].[OH3+].[OH3+].c1ccc(-c2ccccn2)nc1.c1ccc(-c2ccccn2)nc1. The zero-order valence-electron chi connectivity index (χ0n) is 22.8. The van der Waals surface area contributed by atoms with Crippen molar-refractivity contribution in [1.29, 1.82) is 0 Å². The van der Waals surface area contributed by atoms with Gasteiger partial charge in [0.25, 0.3) is 0 Å². The minimum Gasteiger partial charge on any atom is -0.544 e. The summed E-state index contributed by atoms with van der Waals surface area (Å²) in [6, 6.07) is 23.2. The van der Waals surface area contributed by atoms with Gasteiger partial charge in [-0.05, 0) is 48.5 Å². The van der Waals surface area contributed by atoms with Crippen LogP contribution in [0, 0.1) is 0 Å². The fraction of sp³-hybridized carbons (Fsp3) is 0. The molecule has 0 aliphatic rings. The molecule has 0 aliphatic heterocycles. The smallest absolute Gasteiger partial charge is 0.544 e. The summed E-state index contributed by atoms with van der Waals surface area (Å²) < 4.78 is 0. The third-order valence-corrected chi connectivity index (χ3v) is 4.19. The summed E-state index contributed by atoms with van der Waals surface area (Å²) in [7, 11) is 0. The van der Waals surface area contributed by atoms with Crippen LogP contribution in [-0.4, -0.2) is 62.9 Å². The van der Waals surface area contributed by atoms with Gasteiger partial charge in [-0.1, -0.05) is 24.3 Å². The molecule has 20 heteroatoms. The summed E-state index contributed by atoms with van der Waals surface area (Å²) in [4.78, 5) is 36.2. The van der Waals surface area contributed by atoms with E-state index in [-0.39, 0.29) is 65.5 Å². The molecule has 216 valence electrons. The maximum atomic E-state index is 9.75. The maximum Gasteiger partial charge on any atom is 2.00 e. The molecule has 0 fully saturated rings. The molecule has 6 N–H and O–H groups in total. The normalized spacial score (nSPS) is 8.55. The van der Waals surface area contributed by atoms with Gasteiger partial charge in [0.15, 0.2) is 0 Å². The third kappa shape index (κ3) is 15.1. The Morgan fingerprint density at radius 2 is 0.773 bits per heavy atom. The minimum absolute atomic E-state index is 0. The summed E-state index contributed by atoms with van der Waals surface area (Å²) in [5.74, 6) is -3.89. The summed E-state index contributed by atoms with van der Waals surface area (Å²) in [5.41, 5.74) is 3.66. The topological polar surface area (TPSA) is 303 Å². The molecular weight excluding hydrogens is 777 g/mol. The van der Waals surface area contributed by atoms with Gasteiger partial charge in [0.2, 0.25) is 0 Å². The Morgan fingerprint density at radius 1 is 0.500 bits per heavy atom. The third-order valence-electron chi connectivity index (χ3n) is 4.19. The summed E-state index contributed by atoms with van der Waals surface area (Å²) in [6.45, 7) is 0. The molecule has 6 rings (SSSR count). The van der Waals surface area contributed by atoms with Crippen LogP contribution in [0.4, 0.5) is 0 Å². The first kappa shape index (κ1) is 41.6. The summed E-state index contributed by atoms with van der Waals surface area (Å²) in [6.07, 6.45) is 7.07. The molecule has 6 aromatic rings. The number of aromatic carboxylic acids is 2. The van der Waals surface area contributed by atoms with Crippen molar-refractivity contribution in [1.82, 2.24) is 61.2 Å². The Kier molecular flexibility index (Phi) is 22.6. The Bertz CT molecular complexity index is 1350. The second-order valence-corrected chi connectivity index (χ2v) is 6.84. The van der Waals surface area contributed by atoms with E-state index in [4.69, 9.17) is 0 Å². The second-order valence-electron chi connectivity index (χ2n) is 6.84. The number of hydrogen-bond acceptors (Lipinski definition) is 14. The molecule has 44 heavy (non-hydrogen) atoms. The van der Waals surface area contributed by atoms with Crippen molar-refractivity contribution >= 4 is 11.9 Å². The van der Waals surface area contributed by atoms with Crippen LogP contribution in [0.3, 0.4) is 0 Å². The molecule has 0 unspecified atom stereocenters. The van der Waals surface area contributed by atoms with Gasteiger partial charge in [0.05, 0.1) is 46.4 Å². The first-order valence-electron chi connectivity index (χ1n) is 11.0. The predicted octanol–water partition coefficient (Wildman–Crippen LogP) is -3.18. The van der Waals surface area contributed by atoms with Gasteiger partial charge in [0.1, 0.15) is 0 Å². The molecular formula is C24H22Cd2N12O6+2. The molecule has 0 aliphatic carbocycles. The number of carboxylic acid groups (broad SMARTS) is 2. The van der Waals surface area contributed by atoms with E-state index >= 15 is 0 Å². The van der Waals surface area contributed by atoms with Gasteiger partial charge in [-0.25, -0.2) is 0 Å². The number of carboxylic acids is 2.